The number of ether oxygens (including phenoxy) is 3. The first kappa shape index (κ1) is 30.4. The van der Waals surface area contributed by atoms with Gasteiger partial charge in [0.1, 0.15) is 36.0 Å². The Bertz CT molecular complexity index is 1990. The van der Waals surface area contributed by atoms with E-state index in [9.17, 15) is 14.4 Å². The maximum Gasteiger partial charge on any atom is 0.335 e. The van der Waals surface area contributed by atoms with Crippen LogP contribution in [0.5, 0.6) is 17.2 Å². The van der Waals surface area contributed by atoms with Gasteiger partial charge in [-0.15, -0.1) is 0 Å². The molecule has 1 aliphatic rings. The molecule has 5 aromatic carbocycles. The number of rotatable bonds is 9. The second-order valence-corrected chi connectivity index (χ2v) is 11.1. The van der Waals surface area contributed by atoms with Gasteiger partial charge in [-0.1, -0.05) is 60.1 Å². The van der Waals surface area contributed by atoms with E-state index in [0.717, 1.165) is 32.4 Å². The van der Waals surface area contributed by atoms with E-state index in [4.69, 9.17) is 25.8 Å². The number of carbonyl (C=O) groups excluding carboxylic acids is 3. The quantitative estimate of drug-likeness (QED) is 0.133. The van der Waals surface area contributed by atoms with E-state index in [1.165, 1.54) is 6.08 Å². The number of hydrogen-bond acceptors (Lipinski definition) is 6. The summed E-state index contributed by atoms with van der Waals surface area (Å²) in [7, 11) is 1.54. The lowest BCUT2D eigenvalue weighted by Crippen LogP contribution is -2.54. The zero-order chi connectivity index (χ0) is 32.2. The van der Waals surface area contributed by atoms with E-state index in [0.29, 0.717) is 34.4 Å². The lowest BCUT2D eigenvalue weighted by Gasteiger charge is -2.26. The number of aryl methyl sites for hydroxylation is 1. The molecule has 1 saturated heterocycles. The molecule has 1 N–H and O–H groups in total. The largest absolute Gasteiger partial charge is 0.497 e. The average molecular weight is 633 g/mol. The van der Waals surface area contributed by atoms with Gasteiger partial charge in [0.2, 0.25) is 0 Å². The number of hydrogen-bond donors (Lipinski definition) is 1. The summed E-state index contributed by atoms with van der Waals surface area (Å²) in [6, 6.07) is 30.2. The Hall–Kier alpha value is -5.60. The topological polar surface area (TPSA) is 94.2 Å². The highest BCUT2D eigenvalue weighted by molar-refractivity contribution is 6.39. The number of nitrogens with one attached hydrogen (secondary N) is 1. The van der Waals surface area contributed by atoms with Crippen molar-refractivity contribution in [1.82, 2.24) is 5.32 Å². The van der Waals surface area contributed by atoms with E-state index in [1.54, 1.807) is 61.7 Å². The van der Waals surface area contributed by atoms with Crippen molar-refractivity contribution in [2.24, 2.45) is 0 Å². The smallest absolute Gasteiger partial charge is 0.335 e. The van der Waals surface area contributed by atoms with Crippen LogP contribution in [0.4, 0.5) is 10.5 Å². The van der Waals surface area contributed by atoms with Gasteiger partial charge < -0.3 is 14.2 Å². The van der Waals surface area contributed by atoms with E-state index in [-0.39, 0.29) is 17.9 Å². The van der Waals surface area contributed by atoms with Crippen LogP contribution in [-0.2, 0) is 22.8 Å². The van der Waals surface area contributed by atoms with Gasteiger partial charge >= 0.3 is 6.03 Å². The van der Waals surface area contributed by atoms with E-state index >= 15 is 0 Å². The van der Waals surface area contributed by atoms with Crippen LogP contribution in [0.2, 0.25) is 5.02 Å². The van der Waals surface area contributed by atoms with Crippen LogP contribution < -0.4 is 24.4 Å². The molecule has 0 unspecified atom stereocenters. The Morgan fingerprint density at radius 1 is 0.804 bits per heavy atom. The van der Waals surface area contributed by atoms with Gasteiger partial charge in [0.25, 0.3) is 11.8 Å². The molecule has 4 amide bonds. The van der Waals surface area contributed by atoms with Crippen LogP contribution in [-0.4, -0.2) is 25.0 Å². The monoisotopic (exact) mass is 632 g/mol. The van der Waals surface area contributed by atoms with Crippen molar-refractivity contribution in [2.45, 2.75) is 20.1 Å². The van der Waals surface area contributed by atoms with Crippen molar-refractivity contribution in [1.29, 1.82) is 0 Å². The molecule has 0 spiro atoms. The van der Waals surface area contributed by atoms with Gasteiger partial charge in [0.05, 0.1) is 12.8 Å². The average Bonchev–Trinajstić information content (AvgIpc) is 3.06. The zero-order valence-corrected chi connectivity index (χ0v) is 25.8. The number of halogens is 1. The maximum absolute atomic E-state index is 13.6. The number of anilines is 1. The van der Waals surface area contributed by atoms with Crippen molar-refractivity contribution in [3.63, 3.8) is 0 Å². The predicted octanol–water partition coefficient (Wildman–Crippen LogP) is 7.63. The van der Waals surface area contributed by atoms with Crippen LogP contribution in [0.3, 0.4) is 0 Å². The summed E-state index contributed by atoms with van der Waals surface area (Å²) in [4.78, 5) is 40.4. The van der Waals surface area contributed by atoms with Gasteiger partial charge in [0.15, 0.2) is 0 Å². The van der Waals surface area contributed by atoms with Crippen molar-refractivity contribution >= 4 is 52.0 Å². The Morgan fingerprint density at radius 3 is 2.30 bits per heavy atom. The first-order valence-electron chi connectivity index (χ1n) is 14.5. The van der Waals surface area contributed by atoms with E-state index < -0.39 is 17.8 Å². The van der Waals surface area contributed by atoms with Crippen LogP contribution in [0.1, 0.15) is 22.3 Å². The molecular formula is C37H29ClN2O6. The molecule has 1 heterocycles. The number of methoxy groups -OCH3 is 1. The molecule has 0 bridgehead atoms. The summed E-state index contributed by atoms with van der Waals surface area (Å²) in [6.07, 6.45) is 1.42. The van der Waals surface area contributed by atoms with Crippen LogP contribution in [0.15, 0.2) is 109 Å². The Morgan fingerprint density at radius 2 is 1.54 bits per heavy atom. The number of fused-ring (bicyclic) bond motifs is 1. The molecule has 46 heavy (non-hydrogen) atoms. The zero-order valence-electron chi connectivity index (χ0n) is 25.1. The highest BCUT2D eigenvalue weighted by Gasteiger charge is 2.37. The first-order valence-corrected chi connectivity index (χ1v) is 14.9. The molecule has 0 saturated carbocycles. The summed E-state index contributed by atoms with van der Waals surface area (Å²) in [5, 5.41) is 5.07. The standard InChI is InChI=1S/C37H29ClN2O6/c1-23-7-10-25-5-3-4-6-31(25)33(23)22-46-34-20-30(44-2)16-11-26(34)19-32-35(41)39-37(43)40(36(32)42)28-14-17-29(18-15-28)45-21-24-8-12-27(38)13-9-24/h3-20H,21-22H2,1-2H3,(H,39,41,43)/b32-19+. The molecule has 0 radical (unpaired) electrons. The minimum absolute atomic E-state index is 0.223. The Kier molecular flexibility index (Phi) is 8.72. The molecular weight excluding hydrogens is 604 g/mol. The predicted molar refractivity (Wildman–Crippen MR) is 177 cm³/mol. The second-order valence-electron chi connectivity index (χ2n) is 10.6. The molecule has 5 aromatic rings. The fourth-order valence-electron chi connectivity index (χ4n) is 5.16. The van der Waals surface area contributed by atoms with Gasteiger partial charge in [0, 0.05) is 22.2 Å². The minimum atomic E-state index is -0.848. The van der Waals surface area contributed by atoms with Gasteiger partial charge in [-0.3, -0.25) is 14.9 Å². The van der Waals surface area contributed by atoms with Crippen LogP contribution >= 0.6 is 11.6 Å². The molecule has 8 nitrogen and oxygen atoms in total. The number of nitrogens with zero attached hydrogens (tertiary/aromatic N) is 1. The summed E-state index contributed by atoms with van der Waals surface area (Å²) in [5.41, 5.74) is 3.54. The second kappa shape index (κ2) is 13.2. The minimum Gasteiger partial charge on any atom is -0.497 e. The lowest BCUT2D eigenvalue weighted by atomic mass is 10.0. The summed E-state index contributed by atoms with van der Waals surface area (Å²) >= 11 is 5.95. The van der Waals surface area contributed by atoms with E-state index in [1.807, 2.05) is 49.4 Å². The van der Waals surface area contributed by atoms with Crippen molar-refractivity contribution in [3.8, 4) is 17.2 Å². The molecule has 0 atom stereocenters. The maximum atomic E-state index is 13.6. The Labute approximate surface area is 270 Å². The molecule has 1 fully saturated rings. The molecule has 0 aliphatic carbocycles. The van der Waals surface area contributed by atoms with Gasteiger partial charge in [-0.25, -0.2) is 9.69 Å². The molecule has 9 heteroatoms. The number of benzene rings is 5. The SMILES string of the molecule is COc1ccc(/C=C2\C(=O)NC(=O)N(c3ccc(OCc4ccc(Cl)cc4)cc3)C2=O)c(OCc2c(C)ccc3ccccc23)c1. The van der Waals surface area contributed by atoms with Crippen molar-refractivity contribution in [3.05, 3.63) is 136 Å². The molecule has 0 aromatic heterocycles. The molecule has 1 aliphatic heterocycles. The number of imide groups is 2. The fraction of sp³-hybridized carbons (Fsp3) is 0.108. The third kappa shape index (κ3) is 6.43. The number of carbonyl (C=O) groups is 3. The highest BCUT2D eigenvalue weighted by Crippen LogP contribution is 2.31. The summed E-state index contributed by atoms with van der Waals surface area (Å²) in [5.74, 6) is -0.0836. The molecule has 6 rings (SSSR count). The van der Waals surface area contributed by atoms with E-state index in [2.05, 4.69) is 11.4 Å². The summed E-state index contributed by atoms with van der Waals surface area (Å²) in [6.45, 7) is 2.58. The number of amides is 4. The number of barbiturate groups is 1. The normalized spacial score (nSPS) is 14.0. The van der Waals surface area contributed by atoms with Crippen molar-refractivity contribution in [2.75, 3.05) is 12.0 Å². The Balaban J connectivity index is 1.25. The lowest BCUT2D eigenvalue weighted by molar-refractivity contribution is -0.122. The number of urea groups is 1. The summed E-state index contributed by atoms with van der Waals surface area (Å²) < 4.78 is 17.5. The third-order valence-corrected chi connectivity index (χ3v) is 7.93. The van der Waals surface area contributed by atoms with Crippen molar-refractivity contribution < 1.29 is 28.6 Å². The fourth-order valence-corrected chi connectivity index (χ4v) is 5.28. The van der Waals surface area contributed by atoms with Gasteiger partial charge in [-0.05, 0) is 83.4 Å². The first-order chi connectivity index (χ1) is 22.3. The highest BCUT2D eigenvalue weighted by atomic mass is 35.5. The van der Waals surface area contributed by atoms with Crippen LogP contribution in [0, 0.1) is 6.92 Å². The van der Waals surface area contributed by atoms with Crippen LogP contribution in [0.25, 0.3) is 16.8 Å². The molecule has 230 valence electrons. The third-order valence-electron chi connectivity index (χ3n) is 7.68. The van der Waals surface area contributed by atoms with Gasteiger partial charge in [-0.2, -0.15) is 0 Å².